The van der Waals surface area contributed by atoms with Crippen molar-refractivity contribution < 1.29 is 0 Å². The summed E-state index contributed by atoms with van der Waals surface area (Å²) >= 11 is 0. The highest BCUT2D eigenvalue weighted by atomic mass is 14.9. The van der Waals surface area contributed by atoms with Gasteiger partial charge in [0.05, 0.1) is 0 Å². The molecule has 2 nitrogen and oxygen atoms in total. The van der Waals surface area contributed by atoms with Crippen LogP contribution in [0.5, 0.6) is 0 Å². The van der Waals surface area contributed by atoms with Crippen molar-refractivity contribution in [2.75, 3.05) is 6.54 Å². The molecule has 1 aromatic heterocycles. The van der Waals surface area contributed by atoms with Crippen LogP contribution in [0.2, 0.25) is 0 Å². The summed E-state index contributed by atoms with van der Waals surface area (Å²) in [4.78, 5) is 4.34. The van der Waals surface area contributed by atoms with Crippen LogP contribution in [0.15, 0.2) is 24.4 Å². The SMILES string of the molecule is CC1(C)CCC(NCCc2ccccn2)CC1. The molecule has 1 aliphatic rings. The molecule has 1 saturated carbocycles. The Morgan fingerprint density at radius 1 is 1.29 bits per heavy atom. The third-order valence-corrected chi connectivity index (χ3v) is 3.88. The minimum atomic E-state index is 0.569. The van der Waals surface area contributed by atoms with Gasteiger partial charge in [-0.3, -0.25) is 4.98 Å². The van der Waals surface area contributed by atoms with Crippen molar-refractivity contribution in [3.63, 3.8) is 0 Å². The molecular formula is C15H24N2. The Hall–Kier alpha value is -0.890. The predicted octanol–water partition coefficient (Wildman–Crippen LogP) is 3.18. The molecule has 1 aliphatic carbocycles. The lowest BCUT2D eigenvalue weighted by Crippen LogP contribution is -2.36. The molecule has 0 aromatic carbocycles. The summed E-state index contributed by atoms with van der Waals surface area (Å²) in [5.41, 5.74) is 1.76. The van der Waals surface area contributed by atoms with Crippen LogP contribution in [-0.2, 0) is 6.42 Å². The maximum absolute atomic E-state index is 4.34. The fraction of sp³-hybridized carbons (Fsp3) is 0.667. The van der Waals surface area contributed by atoms with Gasteiger partial charge in [0.2, 0.25) is 0 Å². The number of pyridine rings is 1. The third kappa shape index (κ3) is 4.12. The maximum Gasteiger partial charge on any atom is 0.0416 e. The number of nitrogens with zero attached hydrogens (tertiary/aromatic N) is 1. The van der Waals surface area contributed by atoms with Crippen molar-refractivity contribution >= 4 is 0 Å². The van der Waals surface area contributed by atoms with E-state index in [1.807, 2.05) is 12.3 Å². The maximum atomic E-state index is 4.34. The smallest absolute Gasteiger partial charge is 0.0416 e. The fourth-order valence-corrected chi connectivity index (χ4v) is 2.55. The molecule has 0 saturated heterocycles. The van der Waals surface area contributed by atoms with Crippen LogP contribution in [0.1, 0.15) is 45.2 Å². The van der Waals surface area contributed by atoms with Gasteiger partial charge in [-0.1, -0.05) is 19.9 Å². The molecule has 0 spiro atoms. The van der Waals surface area contributed by atoms with Crippen LogP contribution < -0.4 is 5.32 Å². The molecule has 0 amide bonds. The average molecular weight is 232 g/mol. The zero-order valence-electron chi connectivity index (χ0n) is 11.1. The molecule has 0 aliphatic heterocycles. The molecular weight excluding hydrogens is 208 g/mol. The van der Waals surface area contributed by atoms with E-state index in [1.165, 1.54) is 31.4 Å². The van der Waals surface area contributed by atoms with Gasteiger partial charge in [-0.2, -0.15) is 0 Å². The second-order valence-electron chi connectivity index (χ2n) is 5.96. The summed E-state index contributed by atoms with van der Waals surface area (Å²) in [6.45, 7) is 5.83. The van der Waals surface area contributed by atoms with Gasteiger partial charge in [-0.15, -0.1) is 0 Å². The van der Waals surface area contributed by atoms with Crippen molar-refractivity contribution in [1.29, 1.82) is 0 Å². The molecule has 1 fully saturated rings. The molecule has 17 heavy (non-hydrogen) atoms. The second kappa shape index (κ2) is 5.63. The van der Waals surface area contributed by atoms with Crippen LogP contribution in [0, 0.1) is 5.41 Å². The molecule has 1 heterocycles. The highest BCUT2D eigenvalue weighted by Gasteiger charge is 2.26. The number of hydrogen-bond acceptors (Lipinski definition) is 2. The first-order valence-corrected chi connectivity index (χ1v) is 6.79. The summed E-state index contributed by atoms with van der Waals surface area (Å²) in [6.07, 6.45) is 8.28. The van der Waals surface area contributed by atoms with Crippen LogP contribution >= 0.6 is 0 Å². The second-order valence-corrected chi connectivity index (χ2v) is 5.96. The normalized spacial score (nSPS) is 20.4. The zero-order chi connectivity index (χ0) is 12.1. The van der Waals surface area contributed by atoms with E-state index in [0.29, 0.717) is 5.41 Å². The minimum Gasteiger partial charge on any atom is -0.314 e. The summed E-state index contributed by atoms with van der Waals surface area (Å²) in [7, 11) is 0. The van der Waals surface area contributed by atoms with Crippen molar-refractivity contribution in [3.8, 4) is 0 Å². The predicted molar refractivity (Wildman–Crippen MR) is 72.0 cm³/mol. The van der Waals surface area contributed by atoms with Gasteiger partial charge in [0.1, 0.15) is 0 Å². The van der Waals surface area contributed by atoms with E-state index in [2.05, 4.69) is 36.3 Å². The molecule has 0 atom stereocenters. The number of rotatable bonds is 4. The lowest BCUT2D eigenvalue weighted by molar-refractivity contribution is 0.207. The van der Waals surface area contributed by atoms with E-state index in [0.717, 1.165) is 19.0 Å². The van der Waals surface area contributed by atoms with Crippen molar-refractivity contribution in [2.45, 2.75) is 52.0 Å². The van der Waals surface area contributed by atoms with Gasteiger partial charge in [-0.05, 0) is 43.2 Å². The summed E-state index contributed by atoms with van der Waals surface area (Å²) in [5, 5.41) is 3.67. The molecule has 0 bridgehead atoms. The number of aromatic nitrogens is 1. The summed E-state index contributed by atoms with van der Waals surface area (Å²) in [5.74, 6) is 0. The Morgan fingerprint density at radius 2 is 2.06 bits per heavy atom. The minimum absolute atomic E-state index is 0.569. The van der Waals surface area contributed by atoms with E-state index >= 15 is 0 Å². The van der Waals surface area contributed by atoms with E-state index < -0.39 is 0 Å². The molecule has 2 rings (SSSR count). The van der Waals surface area contributed by atoms with Gasteiger partial charge in [0, 0.05) is 30.9 Å². The van der Waals surface area contributed by atoms with Crippen molar-refractivity contribution in [3.05, 3.63) is 30.1 Å². The molecule has 94 valence electrons. The largest absolute Gasteiger partial charge is 0.314 e. The highest BCUT2D eigenvalue weighted by Crippen LogP contribution is 2.34. The van der Waals surface area contributed by atoms with E-state index in [1.54, 1.807) is 0 Å². The first kappa shape index (κ1) is 12.6. The Bertz CT molecular complexity index is 322. The first-order chi connectivity index (χ1) is 8.16. The van der Waals surface area contributed by atoms with Crippen molar-refractivity contribution in [1.82, 2.24) is 10.3 Å². The summed E-state index contributed by atoms with van der Waals surface area (Å²) < 4.78 is 0. The molecule has 0 radical (unpaired) electrons. The molecule has 0 unspecified atom stereocenters. The van der Waals surface area contributed by atoms with E-state index in [-0.39, 0.29) is 0 Å². The third-order valence-electron chi connectivity index (χ3n) is 3.88. The number of hydrogen-bond donors (Lipinski definition) is 1. The Morgan fingerprint density at radius 3 is 2.71 bits per heavy atom. The lowest BCUT2D eigenvalue weighted by atomic mass is 9.75. The quantitative estimate of drug-likeness (QED) is 0.862. The lowest BCUT2D eigenvalue weighted by Gasteiger charge is -2.34. The molecule has 1 aromatic rings. The summed E-state index contributed by atoms with van der Waals surface area (Å²) in [6, 6.07) is 6.86. The zero-order valence-corrected chi connectivity index (χ0v) is 11.1. The number of nitrogens with one attached hydrogen (secondary N) is 1. The van der Waals surface area contributed by atoms with Crippen LogP contribution in [0.3, 0.4) is 0 Å². The standard InChI is InChI=1S/C15H24N2/c1-15(2)9-6-14(7-10-15)17-12-8-13-5-3-4-11-16-13/h3-5,11,14,17H,6-10,12H2,1-2H3. The molecule has 2 heteroatoms. The van der Waals surface area contributed by atoms with E-state index in [9.17, 15) is 0 Å². The monoisotopic (exact) mass is 232 g/mol. The Kier molecular flexibility index (Phi) is 4.16. The average Bonchev–Trinajstić information content (AvgIpc) is 2.33. The topological polar surface area (TPSA) is 24.9 Å². The van der Waals surface area contributed by atoms with Gasteiger partial charge in [0.15, 0.2) is 0 Å². The Balaban J connectivity index is 1.67. The van der Waals surface area contributed by atoms with Crippen molar-refractivity contribution in [2.24, 2.45) is 5.41 Å². The molecule has 1 N–H and O–H groups in total. The first-order valence-electron chi connectivity index (χ1n) is 6.79. The van der Waals surface area contributed by atoms with Crippen LogP contribution in [0.4, 0.5) is 0 Å². The van der Waals surface area contributed by atoms with Crippen LogP contribution in [0.25, 0.3) is 0 Å². The fourth-order valence-electron chi connectivity index (χ4n) is 2.55. The van der Waals surface area contributed by atoms with Crippen LogP contribution in [-0.4, -0.2) is 17.6 Å². The van der Waals surface area contributed by atoms with Gasteiger partial charge in [-0.25, -0.2) is 0 Å². The van der Waals surface area contributed by atoms with Gasteiger partial charge in [0.25, 0.3) is 0 Å². The van der Waals surface area contributed by atoms with E-state index in [4.69, 9.17) is 0 Å². The van der Waals surface area contributed by atoms with Gasteiger partial charge >= 0.3 is 0 Å². The highest BCUT2D eigenvalue weighted by molar-refractivity contribution is 5.03. The Labute approximate surface area is 105 Å². The van der Waals surface area contributed by atoms with Gasteiger partial charge < -0.3 is 5.32 Å².